The molecule has 4 aromatic rings. The van der Waals surface area contributed by atoms with Crippen LogP contribution in [-0.4, -0.2) is 11.6 Å². The molecule has 0 bridgehead atoms. The minimum Gasteiger partial charge on any atom is -0.485 e. The van der Waals surface area contributed by atoms with Gasteiger partial charge in [0.05, 0.1) is 11.3 Å². The Morgan fingerprint density at radius 2 is 1.29 bits per heavy atom. The van der Waals surface area contributed by atoms with E-state index < -0.39 is 6.29 Å². The molecule has 28 heavy (non-hydrogen) atoms. The predicted molar refractivity (Wildman–Crippen MR) is 104 cm³/mol. The van der Waals surface area contributed by atoms with Crippen LogP contribution in [0.5, 0.6) is 23.0 Å². The van der Waals surface area contributed by atoms with Gasteiger partial charge in [0.2, 0.25) is 0 Å². The molecule has 0 radical (unpaired) electrons. The van der Waals surface area contributed by atoms with Crippen molar-refractivity contribution in [2.45, 2.75) is 12.4 Å². The molecule has 0 spiro atoms. The Morgan fingerprint density at radius 3 is 2.04 bits per heavy atom. The average molecular weight is 371 g/mol. The van der Waals surface area contributed by atoms with Gasteiger partial charge in [-0.25, -0.2) is 0 Å². The fraction of sp³-hybridized carbons (Fsp3) is 0.130. The molecule has 0 amide bonds. The molecule has 1 aromatic heterocycles. The molecule has 5 nitrogen and oxygen atoms in total. The number of nitrogens with one attached hydrogen (secondary N) is 1. The van der Waals surface area contributed by atoms with Crippen molar-refractivity contribution in [3.8, 4) is 23.0 Å². The van der Waals surface area contributed by atoms with Crippen LogP contribution in [-0.2, 0) is 0 Å². The average Bonchev–Trinajstić information content (AvgIpc) is 3.34. The van der Waals surface area contributed by atoms with Crippen LogP contribution >= 0.6 is 0 Å². The van der Waals surface area contributed by atoms with Crippen molar-refractivity contribution < 1.29 is 18.9 Å². The minimum atomic E-state index is -0.538. The van der Waals surface area contributed by atoms with Crippen LogP contribution in [0.25, 0.3) is 10.9 Å². The van der Waals surface area contributed by atoms with Crippen LogP contribution in [0.1, 0.15) is 23.7 Å². The standard InChI is InChI=1S/C23H17NO4/c1-2-8-15-14(7-1)21(23-27-18-11-5-6-12-19(18)28-23)22(24-15)20-13-25-16-9-3-4-10-17(16)26-20/h1-12,20,23-24H,13H2. The zero-order valence-corrected chi connectivity index (χ0v) is 14.9. The van der Waals surface area contributed by atoms with Gasteiger partial charge in [-0.05, 0) is 30.3 Å². The maximum absolute atomic E-state index is 6.26. The van der Waals surface area contributed by atoms with E-state index >= 15 is 0 Å². The quantitative estimate of drug-likeness (QED) is 0.529. The molecule has 138 valence electrons. The first-order valence-corrected chi connectivity index (χ1v) is 9.28. The number of hydrogen-bond donors (Lipinski definition) is 1. The normalized spacial score (nSPS) is 17.8. The topological polar surface area (TPSA) is 52.7 Å². The van der Waals surface area contributed by atoms with Crippen molar-refractivity contribution in [2.24, 2.45) is 0 Å². The Morgan fingerprint density at radius 1 is 0.679 bits per heavy atom. The molecule has 0 fully saturated rings. The van der Waals surface area contributed by atoms with E-state index in [1.807, 2.05) is 66.7 Å². The maximum atomic E-state index is 6.26. The summed E-state index contributed by atoms with van der Waals surface area (Å²) in [5.41, 5.74) is 2.87. The van der Waals surface area contributed by atoms with Crippen molar-refractivity contribution in [3.63, 3.8) is 0 Å². The lowest BCUT2D eigenvalue weighted by atomic mass is 10.1. The largest absolute Gasteiger partial charge is 0.485 e. The van der Waals surface area contributed by atoms with E-state index in [-0.39, 0.29) is 6.10 Å². The van der Waals surface area contributed by atoms with E-state index in [0.29, 0.717) is 6.61 Å². The number of benzene rings is 3. The van der Waals surface area contributed by atoms with Crippen LogP contribution in [0.4, 0.5) is 0 Å². The van der Waals surface area contributed by atoms with Gasteiger partial charge in [-0.15, -0.1) is 0 Å². The lowest BCUT2D eigenvalue weighted by molar-refractivity contribution is 0.0422. The number of ether oxygens (including phenoxy) is 4. The number of hydrogen-bond acceptors (Lipinski definition) is 4. The van der Waals surface area contributed by atoms with Gasteiger partial charge in [0.1, 0.15) is 6.61 Å². The highest BCUT2D eigenvalue weighted by molar-refractivity contribution is 5.85. The van der Waals surface area contributed by atoms with Gasteiger partial charge < -0.3 is 23.9 Å². The van der Waals surface area contributed by atoms with E-state index in [2.05, 4.69) is 11.1 Å². The molecule has 1 N–H and O–H groups in total. The summed E-state index contributed by atoms with van der Waals surface area (Å²) < 4.78 is 24.4. The molecule has 1 unspecified atom stereocenters. The third-order valence-electron chi connectivity index (χ3n) is 5.16. The summed E-state index contributed by atoms with van der Waals surface area (Å²) in [6.45, 7) is 0.413. The van der Waals surface area contributed by atoms with Crippen LogP contribution in [0.3, 0.4) is 0 Å². The van der Waals surface area contributed by atoms with E-state index in [0.717, 1.165) is 45.2 Å². The molecule has 2 aliphatic rings. The van der Waals surface area contributed by atoms with Crippen LogP contribution in [0, 0.1) is 0 Å². The van der Waals surface area contributed by atoms with Crippen LogP contribution < -0.4 is 18.9 Å². The molecule has 6 rings (SSSR count). The molecular weight excluding hydrogens is 354 g/mol. The summed E-state index contributed by atoms with van der Waals surface area (Å²) >= 11 is 0. The van der Waals surface area contributed by atoms with Gasteiger partial charge in [-0.2, -0.15) is 0 Å². The summed E-state index contributed by atoms with van der Waals surface area (Å²) in [5.74, 6) is 2.99. The Balaban J connectivity index is 1.45. The first-order chi connectivity index (χ1) is 13.9. The first-order valence-electron chi connectivity index (χ1n) is 9.28. The lowest BCUT2D eigenvalue weighted by Crippen LogP contribution is -2.24. The van der Waals surface area contributed by atoms with Crippen molar-refractivity contribution >= 4 is 10.9 Å². The molecule has 2 aliphatic heterocycles. The molecule has 0 saturated carbocycles. The summed E-state index contributed by atoms with van der Waals surface area (Å²) in [6, 6.07) is 23.6. The molecule has 0 saturated heterocycles. The van der Waals surface area contributed by atoms with Gasteiger partial charge in [-0.3, -0.25) is 0 Å². The monoisotopic (exact) mass is 371 g/mol. The number of H-pyrrole nitrogens is 1. The second-order valence-electron chi connectivity index (χ2n) is 6.88. The fourth-order valence-electron chi connectivity index (χ4n) is 3.87. The first kappa shape index (κ1) is 15.5. The molecule has 1 atom stereocenters. The van der Waals surface area contributed by atoms with Crippen molar-refractivity contribution in [2.75, 3.05) is 6.61 Å². The van der Waals surface area contributed by atoms with Crippen molar-refractivity contribution in [1.82, 2.24) is 4.98 Å². The van der Waals surface area contributed by atoms with E-state index in [1.54, 1.807) is 0 Å². The van der Waals surface area contributed by atoms with Gasteiger partial charge in [0, 0.05) is 10.9 Å². The third-order valence-corrected chi connectivity index (χ3v) is 5.16. The highest BCUT2D eigenvalue weighted by atomic mass is 16.7. The Labute approximate surface area is 161 Å². The summed E-state index contributed by atoms with van der Waals surface area (Å²) in [4.78, 5) is 3.50. The number of para-hydroxylation sites is 5. The van der Waals surface area contributed by atoms with Gasteiger partial charge >= 0.3 is 0 Å². The second-order valence-corrected chi connectivity index (χ2v) is 6.88. The Hall–Kier alpha value is -3.60. The Bertz CT molecular complexity index is 1160. The molecule has 5 heteroatoms. The van der Waals surface area contributed by atoms with Crippen molar-refractivity contribution in [3.05, 3.63) is 84.1 Å². The lowest BCUT2D eigenvalue weighted by Gasteiger charge is -2.27. The SMILES string of the molecule is c1ccc2c(c1)OCC(c1[nH]c3ccccc3c1C1Oc3ccccc3O1)O2. The Kier molecular flexibility index (Phi) is 3.29. The van der Waals surface area contributed by atoms with Crippen LogP contribution in [0.2, 0.25) is 0 Å². The summed E-state index contributed by atoms with van der Waals surface area (Å²) in [7, 11) is 0. The second kappa shape index (κ2) is 5.96. The minimum absolute atomic E-state index is 0.284. The number of aromatic amines is 1. The van der Waals surface area contributed by atoms with E-state index in [1.165, 1.54) is 0 Å². The number of fused-ring (bicyclic) bond motifs is 3. The maximum Gasteiger partial charge on any atom is 0.270 e. The predicted octanol–water partition coefficient (Wildman–Crippen LogP) is 5.15. The molecule has 3 heterocycles. The van der Waals surface area contributed by atoms with Gasteiger partial charge in [0.15, 0.2) is 29.1 Å². The van der Waals surface area contributed by atoms with Gasteiger partial charge in [0.25, 0.3) is 6.29 Å². The van der Waals surface area contributed by atoms with Gasteiger partial charge in [-0.1, -0.05) is 42.5 Å². The number of rotatable bonds is 2. The molecular formula is C23H17NO4. The summed E-state index contributed by atoms with van der Waals surface area (Å²) in [6.07, 6.45) is -0.822. The van der Waals surface area contributed by atoms with E-state index in [4.69, 9.17) is 18.9 Å². The fourth-order valence-corrected chi connectivity index (χ4v) is 3.87. The molecule has 0 aliphatic carbocycles. The highest BCUT2D eigenvalue weighted by Gasteiger charge is 2.35. The van der Waals surface area contributed by atoms with Crippen LogP contribution in [0.15, 0.2) is 72.8 Å². The third kappa shape index (κ3) is 2.33. The zero-order chi connectivity index (χ0) is 18.5. The highest BCUT2D eigenvalue weighted by Crippen LogP contribution is 2.45. The molecule has 3 aromatic carbocycles. The smallest absolute Gasteiger partial charge is 0.270 e. The van der Waals surface area contributed by atoms with Crippen molar-refractivity contribution in [1.29, 1.82) is 0 Å². The number of aromatic nitrogens is 1. The summed E-state index contributed by atoms with van der Waals surface area (Å²) in [5, 5.41) is 1.05. The zero-order valence-electron chi connectivity index (χ0n) is 14.9. The van der Waals surface area contributed by atoms with E-state index in [9.17, 15) is 0 Å².